The fourth-order valence-corrected chi connectivity index (χ4v) is 10.2. The summed E-state index contributed by atoms with van der Waals surface area (Å²) >= 11 is 0. The van der Waals surface area contributed by atoms with E-state index in [4.69, 9.17) is 4.98 Å². The van der Waals surface area contributed by atoms with Crippen molar-refractivity contribution in [1.29, 1.82) is 0 Å². The van der Waals surface area contributed by atoms with E-state index in [-0.39, 0.29) is 0 Å². The van der Waals surface area contributed by atoms with Gasteiger partial charge in [0.2, 0.25) is 0 Å². The molecule has 3 aromatic heterocycles. The zero-order chi connectivity index (χ0) is 40.7. The molecule has 0 saturated carbocycles. The van der Waals surface area contributed by atoms with E-state index in [0.29, 0.717) is 0 Å². The molecule has 0 aliphatic heterocycles. The minimum atomic E-state index is 0.932. The predicted molar refractivity (Wildman–Crippen MR) is 262 cm³/mol. The van der Waals surface area contributed by atoms with E-state index in [9.17, 15) is 0 Å². The van der Waals surface area contributed by atoms with Crippen LogP contribution in [0.15, 0.2) is 224 Å². The zero-order valence-electron chi connectivity index (χ0n) is 33.7. The van der Waals surface area contributed by atoms with Gasteiger partial charge in [0.05, 0.1) is 39.1 Å². The molecule has 0 unspecified atom stereocenters. The lowest BCUT2D eigenvalue weighted by Crippen LogP contribution is -1.97. The van der Waals surface area contributed by atoms with E-state index in [1.807, 2.05) is 0 Å². The second kappa shape index (κ2) is 13.6. The van der Waals surface area contributed by atoms with Crippen LogP contribution in [0.2, 0.25) is 0 Å². The lowest BCUT2D eigenvalue weighted by molar-refractivity contribution is 1.17. The molecule has 0 saturated heterocycles. The molecule has 3 nitrogen and oxygen atoms in total. The average molecular weight is 788 g/mol. The molecule has 62 heavy (non-hydrogen) atoms. The maximum Gasteiger partial charge on any atom is 0.0721 e. The maximum atomic E-state index is 5.49. The third-order valence-corrected chi connectivity index (χ3v) is 12.9. The topological polar surface area (TPSA) is 22.8 Å². The SMILES string of the molecule is c1cc(-c2cc(-c3cccc4ccccc34)cc(-c3cccc4ccccc34)n2)cc(-n2c3ccccc3c3c4c5ccccc5n(-c5cccc6ccccc56)c4ccc32)c1. The number of nitrogens with zero attached hydrogens (tertiary/aromatic N) is 3. The van der Waals surface area contributed by atoms with Crippen LogP contribution in [0, 0.1) is 0 Å². The molecule has 10 aromatic carbocycles. The van der Waals surface area contributed by atoms with Gasteiger partial charge in [-0.1, -0.05) is 170 Å². The maximum absolute atomic E-state index is 5.49. The quantitative estimate of drug-likeness (QED) is 0.170. The van der Waals surface area contributed by atoms with Crippen molar-refractivity contribution >= 4 is 75.9 Å². The standard InChI is InChI=1S/C59H37N3/c1-4-23-44-38(15-1)18-12-28-46(44)42-36-51(60-52(37-42)48-29-13-19-39-16-2-5-24-45(39)48)41-21-11-22-43(35-41)61-54-30-9-7-26-49(54)58-56(61)33-34-57-59(58)50-27-8-10-31-55(50)62(57)53-32-14-20-40-17-3-6-25-47(40)53/h1-37H. The molecule has 3 heteroatoms. The molecule has 288 valence electrons. The van der Waals surface area contributed by atoms with Gasteiger partial charge in [-0.05, 0) is 92.7 Å². The molecule has 0 aliphatic carbocycles. The lowest BCUT2D eigenvalue weighted by Gasteiger charge is -2.15. The van der Waals surface area contributed by atoms with Crippen molar-refractivity contribution in [2.24, 2.45) is 0 Å². The Balaban J connectivity index is 1.05. The Morgan fingerprint density at radius 1 is 0.290 bits per heavy atom. The molecule has 13 aromatic rings. The van der Waals surface area contributed by atoms with E-state index < -0.39 is 0 Å². The van der Waals surface area contributed by atoms with Gasteiger partial charge in [-0.15, -0.1) is 0 Å². The molecule has 0 radical (unpaired) electrons. The Morgan fingerprint density at radius 2 is 0.774 bits per heavy atom. The van der Waals surface area contributed by atoms with Crippen molar-refractivity contribution in [3.05, 3.63) is 224 Å². The Bertz CT molecular complexity index is 3830. The highest BCUT2D eigenvalue weighted by molar-refractivity contribution is 6.29. The van der Waals surface area contributed by atoms with Crippen LogP contribution in [0.3, 0.4) is 0 Å². The molecule has 0 aliphatic rings. The van der Waals surface area contributed by atoms with Gasteiger partial charge in [-0.25, -0.2) is 4.98 Å². The van der Waals surface area contributed by atoms with Gasteiger partial charge in [-0.3, -0.25) is 0 Å². The third-order valence-electron chi connectivity index (χ3n) is 12.9. The third kappa shape index (κ3) is 5.22. The molecule has 0 bridgehead atoms. The Labute approximate surface area is 358 Å². The zero-order valence-corrected chi connectivity index (χ0v) is 33.7. The van der Waals surface area contributed by atoms with Crippen molar-refractivity contribution in [3.8, 4) is 45.0 Å². The normalized spacial score (nSPS) is 11.9. The number of rotatable bonds is 5. The first-order valence-corrected chi connectivity index (χ1v) is 21.3. The largest absolute Gasteiger partial charge is 0.309 e. The van der Waals surface area contributed by atoms with E-state index in [2.05, 4.69) is 234 Å². The summed E-state index contributed by atoms with van der Waals surface area (Å²) in [6, 6.07) is 81.6. The molecule has 0 fully saturated rings. The fourth-order valence-electron chi connectivity index (χ4n) is 10.2. The summed E-state index contributed by atoms with van der Waals surface area (Å²) in [6.07, 6.45) is 0. The molecule has 3 heterocycles. The molecule has 0 spiro atoms. The van der Waals surface area contributed by atoms with Gasteiger partial charge < -0.3 is 9.13 Å². The molecular weight excluding hydrogens is 751 g/mol. The van der Waals surface area contributed by atoms with E-state index in [0.717, 1.165) is 33.8 Å². The first kappa shape index (κ1) is 34.6. The highest BCUT2D eigenvalue weighted by Gasteiger charge is 2.22. The summed E-state index contributed by atoms with van der Waals surface area (Å²) in [4.78, 5) is 5.49. The minimum Gasteiger partial charge on any atom is -0.309 e. The Morgan fingerprint density at radius 3 is 1.47 bits per heavy atom. The number of hydrogen-bond acceptors (Lipinski definition) is 1. The molecular formula is C59H37N3. The van der Waals surface area contributed by atoms with Gasteiger partial charge in [0.25, 0.3) is 0 Å². The van der Waals surface area contributed by atoms with Crippen LogP contribution in [-0.2, 0) is 0 Å². The smallest absolute Gasteiger partial charge is 0.0721 e. The molecule has 0 atom stereocenters. The van der Waals surface area contributed by atoms with Crippen LogP contribution in [-0.4, -0.2) is 14.1 Å². The van der Waals surface area contributed by atoms with Crippen molar-refractivity contribution < 1.29 is 0 Å². The van der Waals surface area contributed by atoms with Crippen LogP contribution < -0.4 is 0 Å². The average Bonchev–Trinajstić information content (AvgIpc) is 3.86. The summed E-state index contributed by atoms with van der Waals surface area (Å²) in [5.74, 6) is 0. The van der Waals surface area contributed by atoms with Gasteiger partial charge in [0.15, 0.2) is 0 Å². The summed E-state index contributed by atoms with van der Waals surface area (Å²) in [5.41, 5.74) is 13.4. The van der Waals surface area contributed by atoms with Crippen LogP contribution in [0.1, 0.15) is 0 Å². The van der Waals surface area contributed by atoms with Gasteiger partial charge in [0.1, 0.15) is 0 Å². The minimum absolute atomic E-state index is 0.932. The van der Waals surface area contributed by atoms with Crippen molar-refractivity contribution in [2.75, 3.05) is 0 Å². The van der Waals surface area contributed by atoms with Crippen molar-refractivity contribution in [1.82, 2.24) is 14.1 Å². The second-order valence-corrected chi connectivity index (χ2v) is 16.3. The Hall–Kier alpha value is -8.27. The van der Waals surface area contributed by atoms with Gasteiger partial charge in [-0.2, -0.15) is 0 Å². The van der Waals surface area contributed by atoms with Crippen LogP contribution in [0.4, 0.5) is 0 Å². The first-order chi connectivity index (χ1) is 30.8. The number of hydrogen-bond donors (Lipinski definition) is 0. The highest BCUT2D eigenvalue weighted by atomic mass is 15.0. The van der Waals surface area contributed by atoms with E-state index in [1.54, 1.807) is 0 Å². The lowest BCUT2D eigenvalue weighted by atomic mass is 9.94. The number of pyridine rings is 1. The van der Waals surface area contributed by atoms with Crippen LogP contribution in [0.25, 0.3) is 121 Å². The monoisotopic (exact) mass is 787 g/mol. The highest BCUT2D eigenvalue weighted by Crippen LogP contribution is 2.44. The van der Waals surface area contributed by atoms with E-state index in [1.165, 1.54) is 87.2 Å². The number of benzene rings is 10. The number of aromatic nitrogens is 3. The summed E-state index contributed by atoms with van der Waals surface area (Å²) in [6.45, 7) is 0. The van der Waals surface area contributed by atoms with E-state index >= 15 is 0 Å². The molecule has 0 amide bonds. The summed E-state index contributed by atoms with van der Waals surface area (Å²) in [7, 11) is 0. The molecule has 13 rings (SSSR count). The Kier molecular flexibility index (Phi) is 7.60. The van der Waals surface area contributed by atoms with Crippen LogP contribution in [0.5, 0.6) is 0 Å². The molecule has 0 N–H and O–H groups in total. The predicted octanol–water partition coefficient (Wildman–Crippen LogP) is 15.7. The first-order valence-electron chi connectivity index (χ1n) is 21.3. The van der Waals surface area contributed by atoms with Crippen molar-refractivity contribution in [3.63, 3.8) is 0 Å². The summed E-state index contributed by atoms with van der Waals surface area (Å²) in [5, 5.41) is 12.3. The van der Waals surface area contributed by atoms with Gasteiger partial charge >= 0.3 is 0 Å². The van der Waals surface area contributed by atoms with Gasteiger partial charge in [0, 0.05) is 43.7 Å². The van der Waals surface area contributed by atoms with Crippen molar-refractivity contribution in [2.45, 2.75) is 0 Å². The fraction of sp³-hybridized carbons (Fsp3) is 0. The van der Waals surface area contributed by atoms with Crippen LogP contribution >= 0.6 is 0 Å². The number of para-hydroxylation sites is 2. The second-order valence-electron chi connectivity index (χ2n) is 16.3. The summed E-state index contributed by atoms with van der Waals surface area (Å²) < 4.78 is 4.90. The number of fused-ring (bicyclic) bond motifs is 10.